The number of fused-ring (bicyclic) bond motifs is 1. The van der Waals surface area contributed by atoms with Gasteiger partial charge in [0, 0.05) is 22.8 Å². The number of carboxylic acids is 1. The summed E-state index contributed by atoms with van der Waals surface area (Å²) in [6.45, 7) is 5.56. The van der Waals surface area contributed by atoms with Crippen molar-refractivity contribution in [2.24, 2.45) is 0 Å². The van der Waals surface area contributed by atoms with Gasteiger partial charge in [-0.05, 0) is 20.8 Å². The van der Waals surface area contributed by atoms with E-state index in [4.69, 9.17) is 0 Å². The number of alkyl halides is 1. The van der Waals surface area contributed by atoms with E-state index < -0.39 is 17.2 Å². The summed E-state index contributed by atoms with van der Waals surface area (Å²) in [5.74, 6) is -1.15. The molecule has 0 atom stereocenters. The third kappa shape index (κ3) is 2.36. The molecule has 0 amide bonds. The zero-order chi connectivity index (χ0) is 15.9. The molecule has 8 heteroatoms. The van der Waals surface area contributed by atoms with E-state index in [9.17, 15) is 19.5 Å². The van der Waals surface area contributed by atoms with E-state index in [2.05, 4.69) is 15.9 Å². The number of thiophene rings is 1. The third-order valence-electron chi connectivity index (χ3n) is 3.25. The van der Waals surface area contributed by atoms with Crippen molar-refractivity contribution in [3.63, 3.8) is 0 Å². The molecule has 0 aromatic carbocycles. The van der Waals surface area contributed by atoms with Crippen LogP contribution in [0.25, 0.3) is 10.2 Å². The highest BCUT2D eigenvalue weighted by Gasteiger charge is 2.25. The lowest BCUT2D eigenvalue weighted by Gasteiger charge is -2.13. The number of rotatable bonds is 4. The van der Waals surface area contributed by atoms with Gasteiger partial charge in [-0.3, -0.25) is 13.9 Å². The van der Waals surface area contributed by atoms with E-state index in [1.165, 1.54) is 15.9 Å². The lowest BCUT2D eigenvalue weighted by Crippen LogP contribution is -2.40. The maximum Gasteiger partial charge on any atom is 0.337 e. The quantitative estimate of drug-likeness (QED) is 0.833. The molecule has 0 aliphatic rings. The summed E-state index contributed by atoms with van der Waals surface area (Å²) in [5, 5.41) is 9.87. The molecule has 0 saturated carbocycles. The molecule has 0 radical (unpaired) electrons. The van der Waals surface area contributed by atoms with Crippen molar-refractivity contribution in [2.75, 3.05) is 0 Å². The van der Waals surface area contributed by atoms with E-state index >= 15 is 0 Å². The first-order chi connectivity index (χ1) is 9.84. The molecule has 0 saturated heterocycles. The number of carbonyl (C=O) groups is 1. The molecule has 2 aromatic heterocycles. The summed E-state index contributed by atoms with van der Waals surface area (Å²) >= 11 is 4.42. The molecule has 114 valence electrons. The maximum atomic E-state index is 12.5. The Bertz CT molecular complexity index is 831. The molecule has 1 N–H and O–H groups in total. The van der Waals surface area contributed by atoms with Gasteiger partial charge < -0.3 is 5.11 Å². The summed E-state index contributed by atoms with van der Waals surface area (Å²) in [5.41, 5.74) is -0.937. The van der Waals surface area contributed by atoms with Crippen LogP contribution in [0.5, 0.6) is 0 Å². The van der Waals surface area contributed by atoms with E-state index in [0.717, 1.165) is 4.57 Å². The van der Waals surface area contributed by atoms with Crippen molar-refractivity contribution in [3.05, 3.63) is 31.3 Å². The molecule has 6 nitrogen and oxygen atoms in total. The first kappa shape index (κ1) is 16.0. The Balaban J connectivity index is 3.15. The highest BCUT2D eigenvalue weighted by atomic mass is 79.9. The molecular formula is C13H15BrN2O4S. The fourth-order valence-electron chi connectivity index (χ4n) is 2.33. The molecule has 2 rings (SSSR count). The van der Waals surface area contributed by atoms with E-state index in [1.807, 2.05) is 13.8 Å². The molecular weight excluding hydrogens is 360 g/mol. The Morgan fingerprint density at radius 3 is 2.43 bits per heavy atom. The lowest BCUT2D eigenvalue weighted by molar-refractivity contribution is 0.0698. The highest BCUT2D eigenvalue weighted by molar-refractivity contribution is 9.08. The summed E-state index contributed by atoms with van der Waals surface area (Å²) in [6.07, 6.45) is 0. The summed E-state index contributed by atoms with van der Waals surface area (Å²) in [6, 6.07) is -0.165. The summed E-state index contributed by atoms with van der Waals surface area (Å²) in [7, 11) is 0. The van der Waals surface area contributed by atoms with Crippen LogP contribution < -0.4 is 11.2 Å². The van der Waals surface area contributed by atoms with Gasteiger partial charge in [0.25, 0.3) is 5.56 Å². The largest absolute Gasteiger partial charge is 0.478 e. The van der Waals surface area contributed by atoms with Gasteiger partial charge in [0.15, 0.2) is 0 Å². The monoisotopic (exact) mass is 374 g/mol. The Hall–Kier alpha value is -1.41. The molecule has 0 spiro atoms. The molecule has 0 unspecified atom stereocenters. The van der Waals surface area contributed by atoms with Crippen molar-refractivity contribution in [2.45, 2.75) is 38.7 Å². The van der Waals surface area contributed by atoms with Crippen molar-refractivity contribution >= 4 is 43.5 Å². The van der Waals surface area contributed by atoms with Crippen molar-refractivity contribution in [3.8, 4) is 0 Å². The Kier molecular flexibility index (Phi) is 4.38. The normalized spacial score (nSPS) is 11.5. The fourth-order valence-corrected chi connectivity index (χ4v) is 4.21. The van der Waals surface area contributed by atoms with Crippen LogP contribution in [-0.4, -0.2) is 20.2 Å². The molecule has 0 bridgehead atoms. The lowest BCUT2D eigenvalue weighted by atomic mass is 10.2. The average Bonchev–Trinajstić information content (AvgIpc) is 2.78. The number of hydrogen-bond donors (Lipinski definition) is 1. The number of nitrogens with zero attached hydrogens (tertiary/aromatic N) is 2. The SMILES string of the molecule is CCn1c(=O)c2c(C(=O)O)c(CBr)sc2n(C(C)C)c1=O. The van der Waals surface area contributed by atoms with Gasteiger partial charge in [-0.15, -0.1) is 11.3 Å². The summed E-state index contributed by atoms with van der Waals surface area (Å²) < 4.78 is 2.57. The second-order valence-electron chi connectivity index (χ2n) is 4.81. The average molecular weight is 375 g/mol. The van der Waals surface area contributed by atoms with Crippen LogP contribution in [-0.2, 0) is 11.9 Å². The number of carboxylic acid groups (broad SMARTS) is 1. The predicted octanol–water partition coefficient (Wildman–Crippen LogP) is 2.42. The topological polar surface area (TPSA) is 81.3 Å². The Morgan fingerprint density at radius 2 is 2.00 bits per heavy atom. The van der Waals surface area contributed by atoms with Crippen LogP contribution in [0.2, 0.25) is 0 Å². The molecule has 0 aliphatic heterocycles. The first-order valence-corrected chi connectivity index (χ1v) is 8.38. The van der Waals surface area contributed by atoms with Crippen molar-refractivity contribution in [1.82, 2.24) is 9.13 Å². The van der Waals surface area contributed by atoms with Crippen LogP contribution in [0.4, 0.5) is 0 Å². The van der Waals surface area contributed by atoms with Gasteiger partial charge >= 0.3 is 11.7 Å². The van der Waals surface area contributed by atoms with Gasteiger partial charge in [0.05, 0.1) is 10.9 Å². The van der Waals surface area contributed by atoms with Crippen molar-refractivity contribution < 1.29 is 9.90 Å². The number of aromatic carboxylic acids is 1. The van der Waals surface area contributed by atoms with Crippen LogP contribution in [0.15, 0.2) is 9.59 Å². The minimum Gasteiger partial charge on any atom is -0.478 e. The van der Waals surface area contributed by atoms with Gasteiger partial charge in [-0.25, -0.2) is 9.59 Å². The first-order valence-electron chi connectivity index (χ1n) is 6.45. The maximum absolute atomic E-state index is 12.5. The molecule has 21 heavy (non-hydrogen) atoms. The third-order valence-corrected chi connectivity index (χ3v) is 5.37. The van der Waals surface area contributed by atoms with Crippen LogP contribution in [0.3, 0.4) is 0 Å². The van der Waals surface area contributed by atoms with E-state index in [-0.39, 0.29) is 23.5 Å². The second-order valence-corrected chi connectivity index (χ2v) is 6.46. The number of hydrogen-bond acceptors (Lipinski definition) is 4. The van der Waals surface area contributed by atoms with Gasteiger partial charge in [-0.2, -0.15) is 0 Å². The predicted molar refractivity (Wildman–Crippen MR) is 86.0 cm³/mol. The van der Waals surface area contributed by atoms with E-state index in [1.54, 1.807) is 6.92 Å². The minimum absolute atomic E-state index is 0.00604. The molecule has 0 aliphatic carbocycles. The number of aromatic nitrogens is 2. The number of halogens is 1. The minimum atomic E-state index is -1.15. The van der Waals surface area contributed by atoms with Gasteiger partial charge in [0.1, 0.15) is 4.83 Å². The van der Waals surface area contributed by atoms with Crippen molar-refractivity contribution in [1.29, 1.82) is 0 Å². The summed E-state index contributed by atoms with van der Waals surface area (Å²) in [4.78, 5) is 37.4. The van der Waals surface area contributed by atoms with Gasteiger partial charge in [0.2, 0.25) is 0 Å². The van der Waals surface area contributed by atoms with E-state index in [0.29, 0.717) is 15.0 Å². The fraction of sp³-hybridized carbons (Fsp3) is 0.462. The van der Waals surface area contributed by atoms with Crippen LogP contribution in [0, 0.1) is 0 Å². The zero-order valence-electron chi connectivity index (χ0n) is 11.8. The molecule has 2 aromatic rings. The highest BCUT2D eigenvalue weighted by Crippen LogP contribution is 2.31. The van der Waals surface area contributed by atoms with Crippen LogP contribution in [0.1, 0.15) is 42.0 Å². The smallest absolute Gasteiger partial charge is 0.337 e. The standard InChI is InChI=1S/C13H15BrN2O4S/c1-4-15-10(17)9-8(12(18)19)7(5-14)21-11(9)16(6(2)3)13(15)20/h6H,4-5H2,1-3H3,(H,18,19). The second kappa shape index (κ2) is 5.76. The molecule has 2 heterocycles. The van der Waals surface area contributed by atoms with Crippen LogP contribution >= 0.6 is 27.3 Å². The molecule has 0 fully saturated rings. The van der Waals surface area contributed by atoms with Gasteiger partial charge in [-0.1, -0.05) is 15.9 Å². The zero-order valence-corrected chi connectivity index (χ0v) is 14.2. The Morgan fingerprint density at radius 1 is 1.38 bits per heavy atom. The Labute approximate surface area is 132 Å².